The maximum Gasteiger partial charge on any atom is 0.241 e. The van der Waals surface area contributed by atoms with Crippen LogP contribution in [0.4, 0.5) is 11.4 Å². The van der Waals surface area contributed by atoms with Crippen LogP contribution in [0.1, 0.15) is 18.1 Å². The van der Waals surface area contributed by atoms with Gasteiger partial charge in [0, 0.05) is 31.9 Å². The summed E-state index contributed by atoms with van der Waals surface area (Å²) in [5, 5.41) is 3.03. The summed E-state index contributed by atoms with van der Waals surface area (Å²) in [6.45, 7) is 9.71. The van der Waals surface area contributed by atoms with E-state index in [1.165, 1.54) is 11.3 Å². The molecule has 0 bridgehead atoms. The van der Waals surface area contributed by atoms with E-state index >= 15 is 0 Å². The Hall–Kier alpha value is -2.53. The first-order valence-corrected chi connectivity index (χ1v) is 9.49. The number of aryl methyl sites for hydroxylation is 2. The Kier molecular flexibility index (Phi) is 6.01. The number of rotatable bonds is 5. The molecule has 0 radical (unpaired) electrons. The minimum absolute atomic E-state index is 0.00300. The lowest BCUT2D eigenvalue weighted by molar-refractivity contribution is -0.120. The van der Waals surface area contributed by atoms with E-state index in [-0.39, 0.29) is 11.9 Å². The van der Waals surface area contributed by atoms with Gasteiger partial charge in [-0.3, -0.25) is 9.69 Å². The minimum Gasteiger partial charge on any atom is -0.495 e. The van der Waals surface area contributed by atoms with Gasteiger partial charge in [0.15, 0.2) is 0 Å². The predicted molar refractivity (Wildman–Crippen MR) is 111 cm³/mol. The smallest absolute Gasteiger partial charge is 0.241 e. The molecule has 0 saturated carbocycles. The zero-order valence-corrected chi connectivity index (χ0v) is 16.7. The number of nitrogens with zero attached hydrogens (tertiary/aromatic N) is 2. The summed E-state index contributed by atoms with van der Waals surface area (Å²) in [4.78, 5) is 17.4. The molecule has 1 heterocycles. The fourth-order valence-corrected chi connectivity index (χ4v) is 3.59. The fraction of sp³-hybridized carbons (Fsp3) is 0.409. The van der Waals surface area contributed by atoms with Crippen molar-refractivity contribution in [3.63, 3.8) is 0 Å². The molecule has 1 aliphatic rings. The summed E-state index contributed by atoms with van der Waals surface area (Å²) in [7, 11) is 1.62. The molecule has 0 aromatic heterocycles. The van der Waals surface area contributed by atoms with E-state index in [9.17, 15) is 4.79 Å². The van der Waals surface area contributed by atoms with Crippen LogP contribution in [0.25, 0.3) is 0 Å². The van der Waals surface area contributed by atoms with Crippen molar-refractivity contribution < 1.29 is 9.53 Å². The Labute approximate surface area is 161 Å². The second kappa shape index (κ2) is 8.44. The van der Waals surface area contributed by atoms with Crippen molar-refractivity contribution in [1.29, 1.82) is 0 Å². The number of hydrogen-bond acceptors (Lipinski definition) is 4. The van der Waals surface area contributed by atoms with Gasteiger partial charge in [0.1, 0.15) is 5.75 Å². The van der Waals surface area contributed by atoms with Crippen molar-refractivity contribution in [3.8, 4) is 5.75 Å². The van der Waals surface area contributed by atoms with Crippen LogP contribution in [0.15, 0.2) is 42.5 Å². The summed E-state index contributed by atoms with van der Waals surface area (Å²) < 4.78 is 5.37. The zero-order chi connectivity index (χ0) is 19.4. The zero-order valence-electron chi connectivity index (χ0n) is 16.7. The van der Waals surface area contributed by atoms with E-state index in [0.29, 0.717) is 5.75 Å². The Balaban J connectivity index is 1.61. The van der Waals surface area contributed by atoms with Crippen LogP contribution in [0, 0.1) is 13.8 Å². The van der Waals surface area contributed by atoms with Gasteiger partial charge in [-0.15, -0.1) is 0 Å². The molecule has 0 aliphatic carbocycles. The van der Waals surface area contributed by atoms with Gasteiger partial charge in [0.25, 0.3) is 0 Å². The van der Waals surface area contributed by atoms with Crippen LogP contribution in [0.3, 0.4) is 0 Å². The van der Waals surface area contributed by atoms with E-state index in [1.54, 1.807) is 7.11 Å². The number of piperazine rings is 1. The van der Waals surface area contributed by atoms with Crippen molar-refractivity contribution in [2.24, 2.45) is 0 Å². The average Bonchev–Trinajstić information content (AvgIpc) is 2.68. The SMILES string of the molecule is COc1ccc(C)cc1NC(=O)C(C)N1CCN(c2ccccc2C)CC1. The lowest BCUT2D eigenvalue weighted by Gasteiger charge is -2.39. The number of ether oxygens (including phenoxy) is 1. The molecule has 5 heteroatoms. The van der Waals surface area contributed by atoms with Gasteiger partial charge >= 0.3 is 0 Å². The van der Waals surface area contributed by atoms with E-state index in [0.717, 1.165) is 37.4 Å². The Bertz CT molecular complexity index is 798. The first-order valence-electron chi connectivity index (χ1n) is 9.49. The normalized spacial score (nSPS) is 16.1. The number of anilines is 2. The molecule has 1 atom stereocenters. The van der Waals surface area contributed by atoms with Crippen molar-refractivity contribution in [3.05, 3.63) is 53.6 Å². The lowest BCUT2D eigenvalue weighted by Crippen LogP contribution is -2.53. The lowest BCUT2D eigenvalue weighted by atomic mass is 10.1. The van der Waals surface area contributed by atoms with Gasteiger partial charge in [0.05, 0.1) is 18.8 Å². The molecular weight excluding hydrogens is 338 g/mol. The Morgan fingerprint density at radius 3 is 2.44 bits per heavy atom. The Morgan fingerprint density at radius 1 is 1.07 bits per heavy atom. The fourth-order valence-electron chi connectivity index (χ4n) is 3.59. The summed E-state index contributed by atoms with van der Waals surface area (Å²) in [6, 6.07) is 14.1. The number of methoxy groups -OCH3 is 1. The van der Waals surface area contributed by atoms with Gasteiger partial charge in [-0.05, 0) is 50.1 Å². The van der Waals surface area contributed by atoms with Crippen LogP contribution >= 0.6 is 0 Å². The molecule has 2 aromatic rings. The molecule has 144 valence electrons. The highest BCUT2D eigenvalue weighted by Gasteiger charge is 2.26. The number of hydrogen-bond donors (Lipinski definition) is 1. The van der Waals surface area contributed by atoms with E-state index < -0.39 is 0 Å². The molecule has 3 rings (SSSR count). The number of para-hydroxylation sites is 1. The van der Waals surface area contributed by atoms with Crippen molar-refractivity contribution >= 4 is 17.3 Å². The largest absolute Gasteiger partial charge is 0.495 e. The highest BCUT2D eigenvalue weighted by Crippen LogP contribution is 2.26. The minimum atomic E-state index is -0.186. The third kappa shape index (κ3) is 4.42. The first-order chi connectivity index (χ1) is 13.0. The molecule has 1 aliphatic heterocycles. The summed E-state index contributed by atoms with van der Waals surface area (Å²) in [5.74, 6) is 0.689. The van der Waals surface area contributed by atoms with Gasteiger partial charge in [-0.25, -0.2) is 0 Å². The molecule has 1 fully saturated rings. The maximum absolute atomic E-state index is 12.8. The van der Waals surface area contributed by atoms with Crippen LogP contribution in [-0.2, 0) is 4.79 Å². The topological polar surface area (TPSA) is 44.8 Å². The predicted octanol–water partition coefficient (Wildman–Crippen LogP) is 3.46. The monoisotopic (exact) mass is 367 g/mol. The molecule has 5 nitrogen and oxygen atoms in total. The van der Waals surface area contributed by atoms with Crippen molar-refractivity contribution in [1.82, 2.24) is 4.90 Å². The Morgan fingerprint density at radius 2 is 1.78 bits per heavy atom. The van der Waals surface area contributed by atoms with Crippen LogP contribution in [-0.4, -0.2) is 50.1 Å². The standard InChI is InChI=1S/C22H29N3O2/c1-16-9-10-21(27-4)19(15-16)23-22(26)18(3)24-11-13-25(14-12-24)20-8-6-5-7-17(20)2/h5-10,15,18H,11-14H2,1-4H3,(H,23,26). The summed E-state index contributed by atoms with van der Waals surface area (Å²) in [6.07, 6.45) is 0. The van der Waals surface area contributed by atoms with Gasteiger partial charge in [-0.2, -0.15) is 0 Å². The number of carbonyl (C=O) groups is 1. The van der Waals surface area contributed by atoms with Gasteiger partial charge in [0.2, 0.25) is 5.91 Å². The second-order valence-corrected chi connectivity index (χ2v) is 7.18. The molecule has 1 amide bonds. The molecule has 0 spiro atoms. The quantitative estimate of drug-likeness (QED) is 0.879. The van der Waals surface area contributed by atoms with Crippen LogP contribution in [0.2, 0.25) is 0 Å². The molecule has 1 saturated heterocycles. The highest BCUT2D eigenvalue weighted by atomic mass is 16.5. The number of benzene rings is 2. The van der Waals surface area contributed by atoms with Crippen LogP contribution in [0.5, 0.6) is 5.75 Å². The number of amides is 1. The van der Waals surface area contributed by atoms with E-state index in [4.69, 9.17) is 4.74 Å². The third-order valence-electron chi connectivity index (χ3n) is 5.31. The summed E-state index contributed by atoms with van der Waals surface area (Å²) in [5.41, 5.74) is 4.40. The highest BCUT2D eigenvalue weighted by molar-refractivity contribution is 5.96. The summed E-state index contributed by atoms with van der Waals surface area (Å²) >= 11 is 0. The van der Waals surface area contributed by atoms with E-state index in [2.05, 4.69) is 46.3 Å². The average molecular weight is 367 g/mol. The molecule has 1 N–H and O–H groups in total. The molecular formula is C22H29N3O2. The molecule has 2 aromatic carbocycles. The second-order valence-electron chi connectivity index (χ2n) is 7.18. The number of carbonyl (C=O) groups excluding carboxylic acids is 1. The van der Waals surface area contributed by atoms with Gasteiger partial charge < -0.3 is 15.0 Å². The van der Waals surface area contributed by atoms with Crippen LogP contribution < -0.4 is 15.0 Å². The first kappa shape index (κ1) is 19.2. The van der Waals surface area contributed by atoms with Crippen molar-refractivity contribution in [2.45, 2.75) is 26.8 Å². The van der Waals surface area contributed by atoms with Gasteiger partial charge in [-0.1, -0.05) is 24.3 Å². The maximum atomic E-state index is 12.8. The molecule has 27 heavy (non-hydrogen) atoms. The van der Waals surface area contributed by atoms with E-state index in [1.807, 2.05) is 32.0 Å². The van der Waals surface area contributed by atoms with Crippen molar-refractivity contribution in [2.75, 3.05) is 43.5 Å². The third-order valence-corrected chi connectivity index (χ3v) is 5.31. The number of nitrogens with one attached hydrogen (secondary N) is 1. The molecule has 1 unspecified atom stereocenters.